The molecule has 0 atom stereocenters. The number of hydrogen-bond donors (Lipinski definition) is 2. The molecule has 0 unspecified atom stereocenters. The van der Waals surface area contributed by atoms with Gasteiger partial charge in [-0.25, -0.2) is 0 Å². The Morgan fingerprint density at radius 2 is 1.69 bits per heavy atom. The molecule has 0 aliphatic carbocycles. The Bertz CT molecular complexity index is 998. The van der Waals surface area contributed by atoms with E-state index in [1.165, 1.54) is 18.4 Å². The van der Waals surface area contributed by atoms with Crippen molar-refractivity contribution in [1.29, 1.82) is 0 Å². The fourth-order valence-corrected chi connectivity index (χ4v) is 3.14. The Morgan fingerprint density at radius 1 is 1.00 bits per heavy atom. The number of hydrogen-bond acceptors (Lipinski definition) is 5. The van der Waals surface area contributed by atoms with Crippen LogP contribution in [-0.4, -0.2) is 25.5 Å². The van der Waals surface area contributed by atoms with Crippen LogP contribution in [0.1, 0.15) is 20.0 Å². The van der Waals surface area contributed by atoms with E-state index in [-0.39, 0.29) is 11.8 Å². The zero-order chi connectivity index (χ0) is 20.6. The number of anilines is 2. The number of thiophene rings is 1. The molecule has 0 spiro atoms. The van der Waals surface area contributed by atoms with E-state index in [0.717, 1.165) is 0 Å². The maximum atomic E-state index is 12.5. The lowest BCUT2D eigenvalue weighted by molar-refractivity contribution is 0.102. The minimum atomic E-state index is -0.283. The molecule has 0 bridgehead atoms. The summed E-state index contributed by atoms with van der Waals surface area (Å²) in [4.78, 5) is 25.2. The standard InChI is InChI=1S/C22H20N2O4S/c1-3-12-28-18-11-6-15(14-19(18)27-2)21(25)23-16-7-9-17(10-8-16)24-22(26)20-5-4-13-29-20/h3-11,13-14H,1,12H2,2H3,(H,23,25)(H,24,26). The molecule has 2 N–H and O–H groups in total. The Morgan fingerprint density at radius 3 is 2.28 bits per heavy atom. The number of carbonyl (C=O) groups excluding carboxylic acids is 2. The minimum absolute atomic E-state index is 0.164. The van der Waals surface area contributed by atoms with Crippen molar-refractivity contribution in [3.63, 3.8) is 0 Å². The molecule has 6 nitrogen and oxygen atoms in total. The van der Waals surface area contributed by atoms with E-state index in [1.54, 1.807) is 54.6 Å². The summed E-state index contributed by atoms with van der Waals surface area (Å²) in [5.74, 6) is 0.553. The second-order valence-corrected chi connectivity index (χ2v) is 6.88. The van der Waals surface area contributed by atoms with E-state index in [2.05, 4.69) is 17.2 Å². The van der Waals surface area contributed by atoms with Gasteiger partial charge >= 0.3 is 0 Å². The number of methoxy groups -OCH3 is 1. The van der Waals surface area contributed by atoms with Crippen molar-refractivity contribution < 1.29 is 19.1 Å². The Labute approximate surface area is 172 Å². The van der Waals surface area contributed by atoms with Gasteiger partial charge in [0.1, 0.15) is 6.61 Å². The highest BCUT2D eigenvalue weighted by molar-refractivity contribution is 7.12. The normalized spacial score (nSPS) is 10.1. The van der Waals surface area contributed by atoms with E-state index in [9.17, 15) is 9.59 Å². The van der Waals surface area contributed by atoms with Crippen LogP contribution < -0.4 is 20.1 Å². The summed E-state index contributed by atoms with van der Waals surface area (Å²) in [7, 11) is 1.51. The number of rotatable bonds is 8. The molecule has 2 aromatic carbocycles. The van der Waals surface area contributed by atoms with E-state index in [1.807, 2.05) is 11.4 Å². The molecule has 148 valence electrons. The Kier molecular flexibility index (Phi) is 6.65. The maximum Gasteiger partial charge on any atom is 0.265 e. The van der Waals surface area contributed by atoms with Crippen LogP contribution in [0.25, 0.3) is 0 Å². The van der Waals surface area contributed by atoms with Crippen LogP contribution in [0.5, 0.6) is 11.5 Å². The molecule has 0 radical (unpaired) electrons. The van der Waals surface area contributed by atoms with Crippen LogP contribution in [0.4, 0.5) is 11.4 Å². The van der Waals surface area contributed by atoms with Crippen molar-refractivity contribution in [2.75, 3.05) is 24.4 Å². The lowest BCUT2D eigenvalue weighted by atomic mass is 10.1. The van der Waals surface area contributed by atoms with E-state index >= 15 is 0 Å². The lowest BCUT2D eigenvalue weighted by Crippen LogP contribution is -2.13. The third-order valence-corrected chi connectivity index (χ3v) is 4.80. The van der Waals surface area contributed by atoms with Crippen molar-refractivity contribution in [2.24, 2.45) is 0 Å². The first kappa shape index (κ1) is 20.2. The summed E-state index contributed by atoms with van der Waals surface area (Å²) in [5, 5.41) is 7.48. The number of benzene rings is 2. The quantitative estimate of drug-likeness (QED) is 0.524. The molecule has 0 aliphatic heterocycles. The van der Waals surface area contributed by atoms with Gasteiger partial charge in [0.25, 0.3) is 11.8 Å². The molecule has 3 rings (SSSR count). The van der Waals surface area contributed by atoms with E-state index in [0.29, 0.717) is 39.9 Å². The molecule has 1 aromatic heterocycles. The SMILES string of the molecule is C=CCOc1ccc(C(=O)Nc2ccc(NC(=O)c3cccs3)cc2)cc1OC. The molecule has 0 fully saturated rings. The van der Waals surface area contributed by atoms with E-state index < -0.39 is 0 Å². The second kappa shape index (κ2) is 9.57. The number of amides is 2. The van der Waals surface area contributed by atoms with Gasteiger partial charge in [0, 0.05) is 16.9 Å². The van der Waals surface area contributed by atoms with Crippen molar-refractivity contribution >= 4 is 34.5 Å². The summed E-state index contributed by atoms with van der Waals surface area (Å²) in [5.41, 5.74) is 1.68. The molecule has 7 heteroatoms. The number of ether oxygens (including phenoxy) is 2. The van der Waals surface area contributed by atoms with Gasteiger partial charge in [-0.15, -0.1) is 11.3 Å². The lowest BCUT2D eigenvalue weighted by Gasteiger charge is -2.11. The average molecular weight is 408 g/mol. The van der Waals surface area contributed by atoms with Gasteiger partial charge in [-0.05, 0) is 53.9 Å². The zero-order valence-corrected chi connectivity index (χ0v) is 16.6. The highest BCUT2D eigenvalue weighted by Crippen LogP contribution is 2.28. The zero-order valence-electron chi connectivity index (χ0n) is 15.8. The highest BCUT2D eigenvalue weighted by atomic mass is 32.1. The fraction of sp³-hybridized carbons (Fsp3) is 0.0909. The third kappa shape index (κ3) is 5.24. The van der Waals surface area contributed by atoms with Crippen molar-refractivity contribution in [3.8, 4) is 11.5 Å². The Hall–Kier alpha value is -3.58. The molecule has 0 saturated carbocycles. The first-order chi connectivity index (χ1) is 14.1. The largest absolute Gasteiger partial charge is 0.493 e. The molecular formula is C22H20N2O4S. The molecule has 0 saturated heterocycles. The molecule has 1 heterocycles. The summed E-state index contributed by atoms with van der Waals surface area (Å²) < 4.78 is 10.8. The maximum absolute atomic E-state index is 12.5. The van der Waals surface area contributed by atoms with Crippen LogP contribution in [-0.2, 0) is 0 Å². The van der Waals surface area contributed by atoms with Gasteiger partial charge < -0.3 is 20.1 Å². The predicted octanol–water partition coefficient (Wildman–Crippen LogP) is 4.83. The van der Waals surface area contributed by atoms with Gasteiger partial charge in [0.05, 0.1) is 12.0 Å². The van der Waals surface area contributed by atoms with Crippen LogP contribution in [0.2, 0.25) is 0 Å². The second-order valence-electron chi connectivity index (χ2n) is 5.93. The van der Waals surface area contributed by atoms with E-state index in [4.69, 9.17) is 9.47 Å². The minimum Gasteiger partial charge on any atom is -0.493 e. The molecule has 29 heavy (non-hydrogen) atoms. The Balaban J connectivity index is 1.64. The smallest absolute Gasteiger partial charge is 0.265 e. The van der Waals surface area contributed by atoms with Gasteiger partial charge in [0.2, 0.25) is 0 Å². The molecule has 2 amide bonds. The first-order valence-electron chi connectivity index (χ1n) is 8.78. The predicted molar refractivity (Wildman–Crippen MR) is 115 cm³/mol. The summed E-state index contributed by atoms with van der Waals surface area (Å²) in [6.45, 7) is 3.95. The van der Waals surface area contributed by atoms with Crippen molar-refractivity contribution in [2.45, 2.75) is 0 Å². The van der Waals surface area contributed by atoms with Gasteiger partial charge in [-0.1, -0.05) is 18.7 Å². The first-order valence-corrected chi connectivity index (χ1v) is 9.66. The van der Waals surface area contributed by atoms with Crippen molar-refractivity contribution in [1.82, 2.24) is 0 Å². The van der Waals surface area contributed by atoms with Crippen LogP contribution in [0.3, 0.4) is 0 Å². The van der Waals surface area contributed by atoms with Crippen LogP contribution in [0.15, 0.2) is 72.6 Å². The average Bonchev–Trinajstić information content (AvgIpc) is 3.28. The third-order valence-electron chi connectivity index (χ3n) is 3.93. The van der Waals surface area contributed by atoms with Crippen molar-refractivity contribution in [3.05, 3.63) is 83.1 Å². The highest BCUT2D eigenvalue weighted by Gasteiger charge is 2.12. The topological polar surface area (TPSA) is 76.7 Å². The van der Waals surface area contributed by atoms with Gasteiger partial charge in [0.15, 0.2) is 11.5 Å². The fourth-order valence-electron chi connectivity index (χ4n) is 2.52. The summed E-state index contributed by atoms with van der Waals surface area (Å²) >= 11 is 1.37. The summed E-state index contributed by atoms with van der Waals surface area (Å²) in [6, 6.07) is 15.4. The molecule has 3 aromatic rings. The number of carbonyl (C=O) groups is 2. The van der Waals surface area contributed by atoms with Crippen LogP contribution >= 0.6 is 11.3 Å². The molecular weight excluding hydrogens is 388 g/mol. The number of nitrogens with one attached hydrogen (secondary N) is 2. The molecule has 0 aliphatic rings. The van der Waals surface area contributed by atoms with Gasteiger partial charge in [-0.3, -0.25) is 9.59 Å². The van der Waals surface area contributed by atoms with Crippen LogP contribution in [0, 0.1) is 0 Å². The van der Waals surface area contributed by atoms with Gasteiger partial charge in [-0.2, -0.15) is 0 Å². The monoisotopic (exact) mass is 408 g/mol. The summed E-state index contributed by atoms with van der Waals surface area (Å²) in [6.07, 6.45) is 1.63.